The second kappa shape index (κ2) is 3.39. The summed E-state index contributed by atoms with van der Waals surface area (Å²) in [5.74, 6) is 0.0200. The molecule has 1 rings (SSSR count). The molecule has 2 nitrogen and oxygen atoms in total. The van der Waals surface area contributed by atoms with Crippen LogP contribution in [0.25, 0.3) is 0 Å². The molecule has 0 saturated carbocycles. The molecule has 0 bridgehead atoms. The zero-order chi connectivity index (χ0) is 8.27. The summed E-state index contributed by atoms with van der Waals surface area (Å²) >= 11 is 0. The van der Waals surface area contributed by atoms with Crippen LogP contribution in [0.1, 0.15) is 0 Å². The zero-order valence-electron chi connectivity index (χ0n) is 6.17. The molecule has 0 unspecified atom stereocenters. The molecule has 0 aliphatic rings. The molecule has 11 heavy (non-hydrogen) atoms. The Morgan fingerprint density at radius 3 is 2.82 bits per heavy atom. The minimum atomic E-state index is -0.362. The Labute approximate surface area is 64.9 Å². The van der Waals surface area contributed by atoms with Crippen molar-refractivity contribution in [2.45, 2.75) is 0 Å². The van der Waals surface area contributed by atoms with E-state index in [4.69, 9.17) is 9.76 Å². The molecule has 0 aromatic heterocycles. The molecule has 0 spiro atoms. The predicted octanol–water partition coefficient (Wildman–Crippen LogP) is -0.197. The van der Waals surface area contributed by atoms with Gasteiger partial charge in [-0.2, -0.15) is 0 Å². The highest BCUT2D eigenvalue weighted by Crippen LogP contribution is 2.07. The second-order valence-corrected chi connectivity index (χ2v) is 2.11. The Kier molecular flexibility index (Phi) is 2.49. The number of methoxy groups -OCH3 is 1. The van der Waals surface area contributed by atoms with Gasteiger partial charge in [0, 0.05) is 6.07 Å². The maximum Gasteiger partial charge on any atom is 0.308 e. The van der Waals surface area contributed by atoms with Gasteiger partial charge in [0.25, 0.3) is 0 Å². The lowest BCUT2D eigenvalue weighted by atomic mass is 9.88. The highest BCUT2D eigenvalue weighted by Gasteiger charge is 2.03. The largest absolute Gasteiger partial charge is 0.497 e. The third-order valence-electron chi connectivity index (χ3n) is 1.42. The van der Waals surface area contributed by atoms with E-state index in [2.05, 4.69) is 0 Å². The number of hydrogen-bond donors (Lipinski definition) is 1. The fourth-order valence-corrected chi connectivity index (χ4v) is 0.849. The van der Waals surface area contributed by atoms with E-state index in [9.17, 15) is 4.39 Å². The molecular weight excluding hydrogens is 146 g/mol. The topological polar surface area (TPSA) is 29.5 Å². The van der Waals surface area contributed by atoms with Gasteiger partial charge in [0.2, 0.25) is 0 Å². The van der Waals surface area contributed by atoms with Gasteiger partial charge < -0.3 is 9.76 Å². The lowest BCUT2D eigenvalue weighted by Gasteiger charge is -2.03. The van der Waals surface area contributed by atoms with Gasteiger partial charge in [-0.1, -0.05) is 6.07 Å². The van der Waals surface area contributed by atoms with Gasteiger partial charge in [0.15, 0.2) is 0 Å². The van der Waals surface area contributed by atoms with Crippen LogP contribution in [-0.4, -0.2) is 19.6 Å². The van der Waals surface area contributed by atoms with E-state index >= 15 is 0 Å². The molecule has 58 valence electrons. The van der Waals surface area contributed by atoms with Gasteiger partial charge in [-0.3, -0.25) is 0 Å². The summed E-state index contributed by atoms with van der Waals surface area (Å²) in [7, 11) is 1.30. The van der Waals surface area contributed by atoms with Crippen molar-refractivity contribution in [1.82, 2.24) is 0 Å². The average molecular weight is 154 g/mol. The Balaban J connectivity index is 3.06. The van der Waals surface area contributed by atoms with Crippen LogP contribution in [0.5, 0.6) is 5.75 Å². The number of ether oxygens (including phenoxy) is 1. The predicted molar refractivity (Wildman–Crippen MR) is 42.0 cm³/mol. The second-order valence-electron chi connectivity index (χ2n) is 2.11. The zero-order valence-corrected chi connectivity index (χ0v) is 6.17. The first-order valence-electron chi connectivity index (χ1n) is 3.21. The Hall–Kier alpha value is -1.03. The van der Waals surface area contributed by atoms with Crippen LogP contribution in [0.3, 0.4) is 0 Å². The van der Waals surface area contributed by atoms with Gasteiger partial charge in [-0.05, 0) is 11.5 Å². The van der Waals surface area contributed by atoms with E-state index in [0.29, 0.717) is 11.2 Å². The SMILES string of the molecule is COc1cc(F)ccc1BO. The fraction of sp³-hybridized carbons (Fsp3) is 0.143. The first kappa shape index (κ1) is 8.08. The Morgan fingerprint density at radius 2 is 2.27 bits per heavy atom. The van der Waals surface area contributed by atoms with E-state index in [0.717, 1.165) is 0 Å². The molecule has 0 aliphatic carbocycles. The third kappa shape index (κ3) is 1.71. The smallest absolute Gasteiger partial charge is 0.308 e. The molecule has 0 saturated heterocycles. The maximum atomic E-state index is 12.5. The lowest BCUT2D eigenvalue weighted by Crippen LogP contribution is -2.16. The standard InChI is InChI=1S/C7H8BFO2/c1-11-7-4-5(9)2-3-6(7)8-10/h2-4,8,10H,1H3. The van der Waals surface area contributed by atoms with E-state index in [1.165, 1.54) is 25.3 Å². The monoisotopic (exact) mass is 154 g/mol. The first-order chi connectivity index (χ1) is 5.27. The minimum absolute atomic E-state index is 0.135. The van der Waals surface area contributed by atoms with Gasteiger partial charge in [-0.15, -0.1) is 0 Å². The van der Waals surface area contributed by atoms with Crippen molar-refractivity contribution in [2.75, 3.05) is 7.11 Å². The van der Waals surface area contributed by atoms with Gasteiger partial charge in [0.1, 0.15) is 11.6 Å². The molecule has 0 aliphatic heterocycles. The number of benzene rings is 1. The van der Waals surface area contributed by atoms with E-state index < -0.39 is 0 Å². The van der Waals surface area contributed by atoms with Gasteiger partial charge >= 0.3 is 7.48 Å². The van der Waals surface area contributed by atoms with Crippen LogP contribution in [0.2, 0.25) is 0 Å². The van der Waals surface area contributed by atoms with Crippen molar-refractivity contribution < 1.29 is 14.2 Å². The van der Waals surface area contributed by atoms with Gasteiger partial charge in [0.05, 0.1) is 7.11 Å². The summed E-state index contributed by atoms with van der Waals surface area (Å²) < 4.78 is 17.3. The molecular formula is C7H8BFO2. The molecule has 0 amide bonds. The normalized spacial score (nSPS) is 9.36. The fourth-order valence-electron chi connectivity index (χ4n) is 0.849. The van der Waals surface area contributed by atoms with Crippen LogP contribution in [0.15, 0.2) is 18.2 Å². The van der Waals surface area contributed by atoms with Gasteiger partial charge in [-0.25, -0.2) is 4.39 Å². The highest BCUT2D eigenvalue weighted by molar-refractivity contribution is 6.46. The van der Waals surface area contributed by atoms with Crippen LogP contribution >= 0.6 is 0 Å². The minimum Gasteiger partial charge on any atom is -0.497 e. The molecule has 0 fully saturated rings. The summed E-state index contributed by atoms with van der Waals surface area (Å²) in [5, 5.41) is 8.74. The first-order valence-corrected chi connectivity index (χ1v) is 3.21. The molecule has 0 heterocycles. The van der Waals surface area contributed by atoms with Crippen LogP contribution in [0, 0.1) is 5.82 Å². The molecule has 0 radical (unpaired) electrons. The van der Waals surface area contributed by atoms with Crippen molar-refractivity contribution in [3.63, 3.8) is 0 Å². The molecule has 0 atom stereocenters. The maximum absolute atomic E-state index is 12.5. The Bertz CT molecular complexity index is 252. The molecule has 1 N–H and O–H groups in total. The number of hydrogen-bond acceptors (Lipinski definition) is 2. The summed E-state index contributed by atoms with van der Waals surface area (Å²) in [6.45, 7) is 0. The number of rotatable bonds is 2. The van der Waals surface area contributed by atoms with E-state index in [1.54, 1.807) is 0 Å². The van der Waals surface area contributed by atoms with Crippen LogP contribution in [-0.2, 0) is 0 Å². The summed E-state index contributed by atoms with van der Waals surface area (Å²) in [6, 6.07) is 4.02. The summed E-state index contributed by atoms with van der Waals surface area (Å²) in [6.07, 6.45) is 0. The van der Waals surface area contributed by atoms with Crippen LogP contribution < -0.4 is 10.2 Å². The quantitative estimate of drug-likeness (QED) is 0.598. The summed E-state index contributed by atoms with van der Waals surface area (Å²) in [4.78, 5) is 0. The molecule has 1 aromatic rings. The average Bonchev–Trinajstić information content (AvgIpc) is 2.04. The molecule has 1 aromatic carbocycles. The summed E-state index contributed by atoms with van der Waals surface area (Å²) in [5.41, 5.74) is 0.592. The van der Waals surface area contributed by atoms with E-state index in [1.807, 2.05) is 0 Å². The molecule has 4 heteroatoms. The van der Waals surface area contributed by atoms with Crippen molar-refractivity contribution in [2.24, 2.45) is 0 Å². The third-order valence-corrected chi connectivity index (χ3v) is 1.42. The van der Waals surface area contributed by atoms with Crippen molar-refractivity contribution in [3.8, 4) is 5.75 Å². The van der Waals surface area contributed by atoms with E-state index in [-0.39, 0.29) is 13.3 Å². The number of halogens is 1. The van der Waals surface area contributed by atoms with Crippen LogP contribution in [0.4, 0.5) is 4.39 Å². The Morgan fingerprint density at radius 1 is 1.55 bits per heavy atom. The van der Waals surface area contributed by atoms with Crippen molar-refractivity contribution in [1.29, 1.82) is 0 Å². The highest BCUT2D eigenvalue weighted by atomic mass is 19.1. The lowest BCUT2D eigenvalue weighted by molar-refractivity contribution is 0.414. The van der Waals surface area contributed by atoms with Crippen molar-refractivity contribution >= 4 is 12.9 Å². The van der Waals surface area contributed by atoms with Crippen molar-refractivity contribution in [3.05, 3.63) is 24.0 Å².